The highest BCUT2D eigenvalue weighted by atomic mass is 127. The maximum Gasteiger partial charge on any atom is 0.186 e. The molecule has 11 atom stereocenters. The fourth-order valence-electron chi connectivity index (χ4n) is 9.36. The van der Waals surface area contributed by atoms with Crippen LogP contribution in [-0.4, -0.2) is 91.6 Å². The molecule has 11 nitrogen and oxygen atoms in total. The third-order valence-electron chi connectivity index (χ3n) is 13.4. The van der Waals surface area contributed by atoms with E-state index in [9.17, 15) is 0 Å². The zero-order valence-corrected chi connectivity index (χ0v) is 46.6. The lowest BCUT2D eigenvalue weighted by Crippen LogP contribution is -2.62. The summed E-state index contributed by atoms with van der Waals surface area (Å²) in [5.41, 5.74) is 6.69. The summed E-state index contributed by atoms with van der Waals surface area (Å²) in [6.45, 7) is 4.34. The average molecular weight is 1170 g/mol. The number of hydrogen-bond acceptors (Lipinski definition) is 12. The summed E-state index contributed by atoms with van der Waals surface area (Å²) in [5, 5.41) is 0. The van der Waals surface area contributed by atoms with Gasteiger partial charge in [-0.25, -0.2) is 0 Å². The summed E-state index contributed by atoms with van der Waals surface area (Å²) in [4.78, 5) is 1.01. The van der Waals surface area contributed by atoms with E-state index in [0.29, 0.717) is 44.1 Å². The van der Waals surface area contributed by atoms with Crippen molar-refractivity contribution in [2.75, 3.05) is 24.8 Å². The van der Waals surface area contributed by atoms with Crippen molar-refractivity contribution in [3.8, 4) is 0 Å². The second-order valence-corrected chi connectivity index (χ2v) is 21.1. The smallest absolute Gasteiger partial charge is 0.186 e. The van der Waals surface area contributed by atoms with E-state index in [2.05, 4.69) is 90.2 Å². The molecule has 1 unspecified atom stereocenters. The van der Waals surface area contributed by atoms with Crippen molar-refractivity contribution in [1.82, 2.24) is 0 Å². The average Bonchev–Trinajstić information content (AvgIpc) is 3.49. The van der Waals surface area contributed by atoms with Crippen LogP contribution >= 0.6 is 34.4 Å². The molecule has 404 valence electrons. The van der Waals surface area contributed by atoms with Gasteiger partial charge in [-0.1, -0.05) is 234 Å². The Hall–Kier alpha value is -4.82. The second kappa shape index (κ2) is 30.5. The third-order valence-corrected chi connectivity index (χ3v) is 15.3. The van der Waals surface area contributed by atoms with Gasteiger partial charge in [0.15, 0.2) is 12.6 Å². The number of halogens is 1. The van der Waals surface area contributed by atoms with Crippen molar-refractivity contribution >= 4 is 34.4 Å². The fourth-order valence-corrected chi connectivity index (χ4v) is 10.9. The molecule has 0 spiro atoms. The van der Waals surface area contributed by atoms with Crippen molar-refractivity contribution in [3.63, 3.8) is 0 Å². The Balaban J connectivity index is 1.02. The van der Waals surface area contributed by atoms with Gasteiger partial charge in [0, 0.05) is 12.0 Å². The maximum absolute atomic E-state index is 7.30. The van der Waals surface area contributed by atoms with Gasteiger partial charge in [0.05, 0.1) is 57.3 Å². The Kier molecular flexibility index (Phi) is 22.5. The lowest BCUT2D eigenvalue weighted by atomic mass is 9.97. The van der Waals surface area contributed by atoms with Crippen LogP contribution in [-0.2, 0) is 91.7 Å². The van der Waals surface area contributed by atoms with E-state index in [1.807, 2.05) is 146 Å². The number of thioether (sulfide) groups is 1. The highest BCUT2D eigenvalue weighted by molar-refractivity contribution is 14.1. The molecule has 0 amide bonds. The monoisotopic (exact) mass is 1170 g/mol. The van der Waals surface area contributed by atoms with Gasteiger partial charge in [-0.2, -0.15) is 0 Å². The molecular weight excluding hydrogens is 1100 g/mol. The molecule has 2 fully saturated rings. The normalized spacial score (nSPS) is 23.8. The van der Waals surface area contributed by atoms with E-state index in [1.165, 1.54) is 0 Å². The summed E-state index contributed by atoms with van der Waals surface area (Å²) in [6, 6.07) is 69.1. The van der Waals surface area contributed by atoms with Gasteiger partial charge in [0.1, 0.15) is 54.3 Å². The molecule has 9 rings (SSSR count). The predicted molar refractivity (Wildman–Crippen MR) is 306 cm³/mol. The number of aryl methyl sites for hydroxylation is 1. The molecule has 0 radical (unpaired) electrons. The van der Waals surface area contributed by atoms with Crippen molar-refractivity contribution in [2.24, 2.45) is 0 Å². The second-order valence-electron chi connectivity index (χ2n) is 19.1. The fraction of sp³-hybridized carbons (Fsp3) is 0.344. The van der Waals surface area contributed by atoms with Crippen molar-refractivity contribution < 1.29 is 52.1 Å². The Morgan fingerprint density at radius 3 is 1.22 bits per heavy atom. The quantitative estimate of drug-likeness (QED) is 0.0265. The van der Waals surface area contributed by atoms with E-state index in [-0.39, 0.29) is 13.2 Å². The topological polar surface area (TPSA) is 102 Å². The lowest BCUT2D eigenvalue weighted by molar-refractivity contribution is -0.331. The first-order valence-corrected chi connectivity index (χ1v) is 28.7. The first kappa shape index (κ1) is 56.9. The molecule has 7 aromatic carbocycles. The first-order chi connectivity index (χ1) is 38.0. The van der Waals surface area contributed by atoms with Crippen LogP contribution in [0.25, 0.3) is 0 Å². The molecule has 2 saturated heterocycles. The standard InChI is InChI=1S/C64H69IO11S/c1-46-33-35-53(36-34-46)77-64-62(60(72-42-51-29-17-7-18-30-51)57(69-39-48-23-11-4-12-24-48)54(75-64)44-67-38-47-21-9-3-10-22-47)76-56(37-65)68-45-55-58(70-40-49-25-13-5-14-26-49)59(71-41-50-27-15-6-16-28-50)61(63(66-2)74-55)73-43-52-31-19-8-20-32-52/h3-36,54-64H,37-45H2,1-2H3/t54-,55-,56?,57-,58-,59+,60+,61-,62-,63+,64+/m1/s1. The number of benzene rings is 7. The van der Waals surface area contributed by atoms with Crippen molar-refractivity contribution in [3.05, 3.63) is 245 Å². The van der Waals surface area contributed by atoms with Crippen LogP contribution in [0.5, 0.6) is 0 Å². The van der Waals surface area contributed by atoms with Gasteiger partial charge in [-0.05, 0) is 52.4 Å². The lowest BCUT2D eigenvalue weighted by Gasteiger charge is -2.47. The summed E-state index contributed by atoms with van der Waals surface area (Å²) in [7, 11) is 1.62. The zero-order chi connectivity index (χ0) is 52.9. The van der Waals surface area contributed by atoms with Crippen molar-refractivity contribution in [2.45, 2.75) is 118 Å². The number of alkyl halides is 1. The predicted octanol–water partition coefficient (Wildman–Crippen LogP) is 12.5. The zero-order valence-electron chi connectivity index (χ0n) is 43.6. The maximum atomic E-state index is 7.30. The van der Waals surface area contributed by atoms with Gasteiger partial charge in [0.25, 0.3) is 0 Å². The largest absolute Gasteiger partial charge is 0.374 e. The Morgan fingerprint density at radius 1 is 0.429 bits per heavy atom. The molecule has 2 aliphatic rings. The molecule has 0 N–H and O–H groups in total. The molecule has 0 saturated carbocycles. The molecular formula is C64H69IO11S. The third kappa shape index (κ3) is 17.1. The van der Waals surface area contributed by atoms with Crippen LogP contribution in [0, 0.1) is 6.92 Å². The van der Waals surface area contributed by atoms with Gasteiger partial charge in [-0.3, -0.25) is 0 Å². The minimum Gasteiger partial charge on any atom is -0.374 e. The van der Waals surface area contributed by atoms with Gasteiger partial charge in [0.2, 0.25) is 0 Å². The first-order valence-electron chi connectivity index (χ1n) is 26.3. The van der Waals surface area contributed by atoms with Crippen LogP contribution in [0.1, 0.15) is 38.9 Å². The molecule has 0 aromatic heterocycles. The minimum absolute atomic E-state index is 0.0619. The van der Waals surface area contributed by atoms with E-state index in [0.717, 1.165) is 43.8 Å². The summed E-state index contributed by atoms with van der Waals surface area (Å²) in [5.74, 6) is 0. The number of hydrogen-bond donors (Lipinski definition) is 0. The Morgan fingerprint density at radius 2 is 0.805 bits per heavy atom. The van der Waals surface area contributed by atoms with Crippen molar-refractivity contribution in [1.29, 1.82) is 0 Å². The number of rotatable bonds is 28. The van der Waals surface area contributed by atoms with Crippen LogP contribution < -0.4 is 0 Å². The van der Waals surface area contributed by atoms with E-state index < -0.39 is 66.8 Å². The molecule has 2 aliphatic heterocycles. The molecule has 0 bridgehead atoms. The summed E-state index contributed by atoms with van der Waals surface area (Å²) >= 11 is 3.91. The number of methoxy groups -OCH3 is 1. The molecule has 0 aliphatic carbocycles. The van der Waals surface area contributed by atoms with Crippen LogP contribution in [0.3, 0.4) is 0 Å². The van der Waals surface area contributed by atoms with Gasteiger partial charge < -0.3 is 52.1 Å². The van der Waals surface area contributed by atoms with Gasteiger partial charge in [-0.15, -0.1) is 0 Å². The molecule has 2 heterocycles. The SMILES string of the molecule is CO[C@H]1O[C@H](COC(CI)O[C@@H]2[C@@H](OCc3ccccc3)[C@H](OCc3ccccc3)[C@@H](COCc3ccccc3)O[C@H]2Sc2ccc(C)cc2)[C@@H](OCc2ccccc2)[C@H](OCc2ccccc2)[C@H]1OCc1ccccc1. The van der Waals surface area contributed by atoms with E-state index in [1.54, 1.807) is 18.9 Å². The highest BCUT2D eigenvalue weighted by Gasteiger charge is 2.51. The molecule has 13 heteroatoms. The Labute approximate surface area is 471 Å². The number of ether oxygens (including phenoxy) is 11. The van der Waals surface area contributed by atoms with Crippen LogP contribution in [0.2, 0.25) is 0 Å². The summed E-state index contributed by atoms with van der Waals surface area (Å²) < 4.78 is 76.1. The van der Waals surface area contributed by atoms with Crippen LogP contribution in [0.4, 0.5) is 0 Å². The highest BCUT2D eigenvalue weighted by Crippen LogP contribution is 2.40. The van der Waals surface area contributed by atoms with E-state index >= 15 is 0 Å². The van der Waals surface area contributed by atoms with Gasteiger partial charge >= 0.3 is 0 Å². The van der Waals surface area contributed by atoms with Crippen LogP contribution in [0.15, 0.2) is 211 Å². The summed E-state index contributed by atoms with van der Waals surface area (Å²) in [6.07, 6.45) is -6.80. The molecule has 77 heavy (non-hydrogen) atoms. The van der Waals surface area contributed by atoms with E-state index in [4.69, 9.17) is 52.1 Å². The molecule has 7 aromatic rings. The minimum atomic E-state index is -0.829. The Bertz CT molecular complexity index is 2700.